The zero-order valence-corrected chi connectivity index (χ0v) is 10.1. The fraction of sp³-hybridized carbons (Fsp3) is 0.538. The Balaban J connectivity index is 2.26. The van der Waals surface area contributed by atoms with E-state index in [1.54, 1.807) is 0 Å². The van der Waals surface area contributed by atoms with Gasteiger partial charge < -0.3 is 10.1 Å². The molecule has 1 N–H and O–H groups in total. The third-order valence-electron chi connectivity index (χ3n) is 1.98. The molecule has 1 aromatic rings. The summed E-state index contributed by atoms with van der Waals surface area (Å²) in [6.45, 7) is 9.88. The van der Waals surface area contributed by atoms with Crippen molar-refractivity contribution in [3.8, 4) is 0 Å². The van der Waals surface area contributed by atoms with E-state index >= 15 is 0 Å². The van der Waals surface area contributed by atoms with Gasteiger partial charge >= 0.3 is 0 Å². The van der Waals surface area contributed by atoms with Crippen LogP contribution in [0.15, 0.2) is 24.3 Å². The molecule has 0 spiro atoms. The molecule has 0 unspecified atom stereocenters. The molecular formula is C13H21NO. The summed E-state index contributed by atoms with van der Waals surface area (Å²) in [4.78, 5) is 0. The largest absolute Gasteiger partial charge is 0.383 e. The molecule has 0 aliphatic heterocycles. The fourth-order valence-electron chi connectivity index (χ4n) is 1.31. The number of ether oxygens (including phenoxy) is 1. The van der Waals surface area contributed by atoms with Gasteiger partial charge in [-0.2, -0.15) is 0 Å². The molecule has 2 heteroatoms. The first-order valence-corrected chi connectivity index (χ1v) is 5.42. The first kappa shape index (κ1) is 12.1. The van der Waals surface area contributed by atoms with Crippen LogP contribution in [0.4, 0.5) is 5.69 Å². The summed E-state index contributed by atoms with van der Waals surface area (Å²) in [5.74, 6) is 0. The number of anilines is 1. The maximum Gasteiger partial charge on any atom is 0.0646 e. The third kappa shape index (κ3) is 5.43. The summed E-state index contributed by atoms with van der Waals surface area (Å²) in [6, 6.07) is 8.36. The van der Waals surface area contributed by atoms with Gasteiger partial charge in [0, 0.05) is 12.2 Å². The second-order valence-electron chi connectivity index (χ2n) is 4.76. The fourth-order valence-corrected chi connectivity index (χ4v) is 1.31. The van der Waals surface area contributed by atoms with Crippen molar-refractivity contribution in [2.75, 3.05) is 18.5 Å². The van der Waals surface area contributed by atoms with Crippen molar-refractivity contribution in [3.63, 3.8) is 0 Å². The summed E-state index contributed by atoms with van der Waals surface area (Å²) >= 11 is 0. The van der Waals surface area contributed by atoms with Gasteiger partial charge in [0.05, 0.1) is 12.2 Å². The first-order valence-electron chi connectivity index (χ1n) is 5.42. The smallest absolute Gasteiger partial charge is 0.0646 e. The Morgan fingerprint density at radius 2 is 2.00 bits per heavy atom. The lowest BCUT2D eigenvalue weighted by molar-refractivity contribution is 0.00333. The highest BCUT2D eigenvalue weighted by Crippen LogP contribution is 2.10. The molecule has 0 amide bonds. The lowest BCUT2D eigenvalue weighted by Crippen LogP contribution is -2.23. The van der Waals surface area contributed by atoms with Crippen molar-refractivity contribution in [2.24, 2.45) is 0 Å². The summed E-state index contributed by atoms with van der Waals surface area (Å²) in [6.07, 6.45) is 0. The topological polar surface area (TPSA) is 21.3 Å². The van der Waals surface area contributed by atoms with Crippen molar-refractivity contribution in [3.05, 3.63) is 29.8 Å². The molecule has 15 heavy (non-hydrogen) atoms. The zero-order valence-electron chi connectivity index (χ0n) is 10.1. The predicted molar refractivity (Wildman–Crippen MR) is 65.4 cm³/mol. The van der Waals surface area contributed by atoms with Crippen molar-refractivity contribution < 1.29 is 4.74 Å². The second-order valence-corrected chi connectivity index (χ2v) is 4.76. The maximum absolute atomic E-state index is 5.62. The molecule has 0 aromatic heterocycles. The molecule has 0 bridgehead atoms. The Morgan fingerprint density at radius 3 is 2.60 bits per heavy atom. The molecule has 2 nitrogen and oxygen atoms in total. The molecule has 0 fully saturated rings. The van der Waals surface area contributed by atoms with E-state index in [1.807, 2.05) is 0 Å². The van der Waals surface area contributed by atoms with Crippen LogP contribution < -0.4 is 5.32 Å². The zero-order chi connectivity index (χ0) is 11.3. The normalized spacial score (nSPS) is 11.5. The van der Waals surface area contributed by atoms with E-state index in [9.17, 15) is 0 Å². The number of aryl methyl sites for hydroxylation is 1. The van der Waals surface area contributed by atoms with E-state index in [-0.39, 0.29) is 5.60 Å². The van der Waals surface area contributed by atoms with Crippen molar-refractivity contribution in [1.29, 1.82) is 0 Å². The van der Waals surface area contributed by atoms with Gasteiger partial charge in [0.15, 0.2) is 0 Å². The van der Waals surface area contributed by atoms with E-state index < -0.39 is 0 Å². The number of hydrogen-bond acceptors (Lipinski definition) is 2. The van der Waals surface area contributed by atoms with Gasteiger partial charge in [-0.15, -0.1) is 0 Å². The van der Waals surface area contributed by atoms with Crippen LogP contribution in [-0.4, -0.2) is 18.8 Å². The number of benzene rings is 1. The molecule has 1 rings (SSSR count). The van der Waals surface area contributed by atoms with Gasteiger partial charge in [-0.1, -0.05) is 12.1 Å². The molecule has 1 aromatic carbocycles. The SMILES string of the molecule is Cc1cccc(NCCOC(C)(C)C)c1. The molecule has 0 saturated carbocycles. The monoisotopic (exact) mass is 207 g/mol. The summed E-state index contributed by atoms with van der Waals surface area (Å²) in [7, 11) is 0. The molecule has 0 aliphatic carbocycles. The Labute approximate surface area is 92.6 Å². The van der Waals surface area contributed by atoms with Crippen LogP contribution in [0.5, 0.6) is 0 Å². The molecular weight excluding hydrogens is 186 g/mol. The lowest BCUT2D eigenvalue weighted by atomic mass is 10.2. The number of rotatable bonds is 4. The van der Waals surface area contributed by atoms with E-state index in [1.165, 1.54) is 5.56 Å². The Hall–Kier alpha value is -1.02. The quantitative estimate of drug-likeness (QED) is 0.765. The van der Waals surface area contributed by atoms with Crippen molar-refractivity contribution >= 4 is 5.69 Å². The molecule has 0 heterocycles. The van der Waals surface area contributed by atoms with Gasteiger partial charge in [0.25, 0.3) is 0 Å². The molecule has 0 radical (unpaired) electrons. The lowest BCUT2D eigenvalue weighted by Gasteiger charge is -2.19. The number of hydrogen-bond donors (Lipinski definition) is 1. The number of nitrogens with one attached hydrogen (secondary N) is 1. The van der Waals surface area contributed by atoms with Crippen LogP contribution >= 0.6 is 0 Å². The second kappa shape index (κ2) is 5.17. The van der Waals surface area contributed by atoms with E-state index in [2.05, 4.69) is 57.3 Å². The van der Waals surface area contributed by atoms with Gasteiger partial charge in [0.1, 0.15) is 0 Å². The molecule has 0 saturated heterocycles. The summed E-state index contributed by atoms with van der Waals surface area (Å²) in [5.41, 5.74) is 2.39. The molecule has 0 atom stereocenters. The maximum atomic E-state index is 5.62. The van der Waals surface area contributed by atoms with Crippen molar-refractivity contribution in [2.45, 2.75) is 33.3 Å². The van der Waals surface area contributed by atoms with E-state index in [4.69, 9.17) is 4.74 Å². The molecule has 0 aliphatic rings. The standard InChI is InChI=1S/C13H21NO/c1-11-6-5-7-12(10-11)14-8-9-15-13(2,3)4/h5-7,10,14H,8-9H2,1-4H3. The van der Waals surface area contributed by atoms with Gasteiger partial charge in [-0.05, 0) is 45.4 Å². The highest BCUT2D eigenvalue weighted by atomic mass is 16.5. The predicted octanol–water partition coefficient (Wildman–Crippen LogP) is 3.22. The van der Waals surface area contributed by atoms with Crippen LogP contribution in [-0.2, 0) is 4.74 Å². The Kier molecular flexibility index (Phi) is 4.15. The van der Waals surface area contributed by atoms with Gasteiger partial charge in [0.2, 0.25) is 0 Å². The Bertz CT molecular complexity index is 302. The van der Waals surface area contributed by atoms with Crippen LogP contribution in [0.2, 0.25) is 0 Å². The van der Waals surface area contributed by atoms with Crippen LogP contribution in [0.3, 0.4) is 0 Å². The Morgan fingerprint density at radius 1 is 1.27 bits per heavy atom. The van der Waals surface area contributed by atoms with E-state index in [0.29, 0.717) is 0 Å². The van der Waals surface area contributed by atoms with Crippen LogP contribution in [0.1, 0.15) is 26.3 Å². The van der Waals surface area contributed by atoms with Gasteiger partial charge in [-0.25, -0.2) is 0 Å². The minimum absolute atomic E-state index is 0.0473. The third-order valence-corrected chi connectivity index (χ3v) is 1.98. The summed E-state index contributed by atoms with van der Waals surface area (Å²) < 4.78 is 5.62. The average molecular weight is 207 g/mol. The van der Waals surface area contributed by atoms with Gasteiger partial charge in [-0.3, -0.25) is 0 Å². The van der Waals surface area contributed by atoms with Crippen molar-refractivity contribution in [1.82, 2.24) is 0 Å². The van der Waals surface area contributed by atoms with E-state index in [0.717, 1.165) is 18.8 Å². The minimum Gasteiger partial charge on any atom is -0.383 e. The minimum atomic E-state index is -0.0473. The summed E-state index contributed by atoms with van der Waals surface area (Å²) in [5, 5.41) is 3.33. The van der Waals surface area contributed by atoms with Crippen LogP contribution in [0.25, 0.3) is 0 Å². The van der Waals surface area contributed by atoms with Crippen LogP contribution in [0, 0.1) is 6.92 Å². The highest BCUT2D eigenvalue weighted by molar-refractivity contribution is 5.45. The average Bonchev–Trinajstić information content (AvgIpc) is 2.11. The molecule has 84 valence electrons. The highest BCUT2D eigenvalue weighted by Gasteiger charge is 2.08. The first-order chi connectivity index (χ1) is 6.97.